The Morgan fingerprint density at radius 3 is 3.12 bits per heavy atom. The SMILES string of the molecule is CCNC(=O)Cn1c(=S)[nH]c2cc(C)cnc21. The van der Waals surface area contributed by atoms with Gasteiger partial charge in [-0.3, -0.25) is 9.36 Å². The van der Waals surface area contributed by atoms with E-state index in [4.69, 9.17) is 12.2 Å². The normalized spacial score (nSPS) is 10.7. The number of amides is 1. The van der Waals surface area contributed by atoms with E-state index in [-0.39, 0.29) is 12.5 Å². The van der Waals surface area contributed by atoms with Crippen LogP contribution < -0.4 is 5.32 Å². The van der Waals surface area contributed by atoms with Crippen molar-refractivity contribution in [2.24, 2.45) is 0 Å². The smallest absolute Gasteiger partial charge is 0.240 e. The molecule has 6 heteroatoms. The van der Waals surface area contributed by atoms with Gasteiger partial charge in [-0.2, -0.15) is 0 Å². The molecule has 2 rings (SSSR count). The molecule has 0 unspecified atom stereocenters. The van der Waals surface area contributed by atoms with Crippen molar-refractivity contribution in [1.29, 1.82) is 0 Å². The molecule has 2 aromatic rings. The number of hydrogen-bond donors (Lipinski definition) is 2. The molecule has 0 aliphatic rings. The summed E-state index contributed by atoms with van der Waals surface area (Å²) in [6.45, 7) is 4.66. The molecular formula is C11H14N4OS. The maximum atomic E-state index is 11.6. The number of carbonyl (C=O) groups is 1. The minimum atomic E-state index is -0.0631. The molecule has 2 heterocycles. The number of hydrogen-bond acceptors (Lipinski definition) is 3. The molecule has 0 aliphatic heterocycles. The number of nitrogens with zero attached hydrogens (tertiary/aromatic N) is 2. The average molecular weight is 250 g/mol. The maximum absolute atomic E-state index is 11.6. The van der Waals surface area contributed by atoms with Gasteiger partial charge in [0.2, 0.25) is 5.91 Å². The highest BCUT2D eigenvalue weighted by molar-refractivity contribution is 7.71. The summed E-state index contributed by atoms with van der Waals surface area (Å²) in [4.78, 5) is 18.9. The Labute approximate surface area is 104 Å². The van der Waals surface area contributed by atoms with Crippen LogP contribution in [-0.2, 0) is 11.3 Å². The average Bonchev–Trinajstić information content (AvgIpc) is 2.55. The number of fused-ring (bicyclic) bond motifs is 1. The van der Waals surface area contributed by atoms with Gasteiger partial charge in [0.15, 0.2) is 10.4 Å². The van der Waals surface area contributed by atoms with Crippen LogP contribution in [0.15, 0.2) is 12.3 Å². The van der Waals surface area contributed by atoms with Crippen LogP contribution in [0.5, 0.6) is 0 Å². The molecule has 2 N–H and O–H groups in total. The van der Waals surface area contributed by atoms with Crippen LogP contribution in [0.1, 0.15) is 12.5 Å². The second-order valence-electron chi connectivity index (χ2n) is 3.85. The van der Waals surface area contributed by atoms with Crippen LogP contribution in [-0.4, -0.2) is 27.0 Å². The molecule has 0 aromatic carbocycles. The lowest BCUT2D eigenvalue weighted by molar-refractivity contribution is -0.121. The highest BCUT2D eigenvalue weighted by Crippen LogP contribution is 2.12. The third-order valence-corrected chi connectivity index (χ3v) is 2.74. The van der Waals surface area contributed by atoms with E-state index in [1.807, 2.05) is 19.9 Å². The van der Waals surface area contributed by atoms with Crippen LogP contribution in [0.25, 0.3) is 11.2 Å². The number of aromatic nitrogens is 3. The summed E-state index contributed by atoms with van der Waals surface area (Å²) in [5.74, 6) is -0.0631. The Balaban J connectivity index is 2.43. The van der Waals surface area contributed by atoms with Gasteiger partial charge in [0, 0.05) is 12.7 Å². The summed E-state index contributed by atoms with van der Waals surface area (Å²) in [5, 5.41) is 2.74. The first kappa shape index (κ1) is 11.8. The first-order valence-corrected chi connectivity index (χ1v) is 5.84. The summed E-state index contributed by atoms with van der Waals surface area (Å²) < 4.78 is 2.22. The largest absolute Gasteiger partial charge is 0.355 e. The van der Waals surface area contributed by atoms with Crippen molar-refractivity contribution < 1.29 is 4.79 Å². The molecule has 17 heavy (non-hydrogen) atoms. The number of aromatic amines is 1. The van der Waals surface area contributed by atoms with Gasteiger partial charge in [0.1, 0.15) is 6.54 Å². The zero-order valence-electron chi connectivity index (χ0n) is 9.78. The highest BCUT2D eigenvalue weighted by atomic mass is 32.1. The second-order valence-corrected chi connectivity index (χ2v) is 4.24. The molecule has 0 bridgehead atoms. The Kier molecular flexibility index (Phi) is 3.23. The Morgan fingerprint density at radius 2 is 2.41 bits per heavy atom. The minimum absolute atomic E-state index is 0.0631. The fraction of sp³-hybridized carbons (Fsp3) is 0.364. The van der Waals surface area contributed by atoms with Gasteiger partial charge < -0.3 is 10.3 Å². The number of H-pyrrole nitrogens is 1. The zero-order chi connectivity index (χ0) is 12.4. The number of carbonyl (C=O) groups excluding carboxylic acids is 1. The zero-order valence-corrected chi connectivity index (χ0v) is 10.6. The molecule has 5 nitrogen and oxygen atoms in total. The number of pyridine rings is 1. The van der Waals surface area contributed by atoms with Gasteiger partial charge in [-0.1, -0.05) is 0 Å². The van der Waals surface area contributed by atoms with Gasteiger partial charge in [-0.25, -0.2) is 4.98 Å². The summed E-state index contributed by atoms with van der Waals surface area (Å²) in [6, 6.07) is 1.96. The molecule has 0 spiro atoms. The van der Waals surface area contributed by atoms with Crippen LogP contribution in [0.4, 0.5) is 0 Å². The van der Waals surface area contributed by atoms with E-state index < -0.39 is 0 Å². The summed E-state index contributed by atoms with van der Waals surface area (Å²) in [6.07, 6.45) is 1.76. The van der Waals surface area contributed by atoms with E-state index in [0.717, 1.165) is 11.1 Å². The number of nitrogens with one attached hydrogen (secondary N) is 2. The fourth-order valence-electron chi connectivity index (χ4n) is 1.69. The lowest BCUT2D eigenvalue weighted by Gasteiger charge is -2.04. The molecule has 0 saturated heterocycles. The molecule has 0 aliphatic carbocycles. The van der Waals surface area contributed by atoms with Crippen molar-refractivity contribution in [3.63, 3.8) is 0 Å². The standard InChI is InChI=1S/C11H14N4OS/c1-3-12-9(16)6-15-10-8(14-11(15)17)4-7(2)5-13-10/h4-5H,3,6H2,1-2H3,(H,12,16)(H,14,17). The van der Waals surface area contributed by atoms with Crippen molar-refractivity contribution in [1.82, 2.24) is 19.9 Å². The fourth-order valence-corrected chi connectivity index (χ4v) is 1.95. The van der Waals surface area contributed by atoms with Crippen LogP contribution in [0.3, 0.4) is 0 Å². The van der Waals surface area contributed by atoms with Crippen LogP contribution in [0, 0.1) is 11.7 Å². The first-order valence-electron chi connectivity index (χ1n) is 5.43. The number of rotatable bonds is 3. The summed E-state index contributed by atoms with van der Waals surface area (Å²) in [7, 11) is 0. The monoisotopic (exact) mass is 250 g/mol. The topological polar surface area (TPSA) is 62.7 Å². The van der Waals surface area contributed by atoms with Gasteiger partial charge >= 0.3 is 0 Å². The van der Waals surface area contributed by atoms with Gasteiger partial charge in [-0.15, -0.1) is 0 Å². The molecule has 90 valence electrons. The first-order chi connectivity index (χ1) is 8.11. The van der Waals surface area contributed by atoms with E-state index >= 15 is 0 Å². The Hall–Kier alpha value is -1.69. The van der Waals surface area contributed by atoms with E-state index in [0.29, 0.717) is 17.0 Å². The lowest BCUT2D eigenvalue weighted by Crippen LogP contribution is -2.27. The molecular weight excluding hydrogens is 236 g/mol. The molecule has 0 fully saturated rings. The third-order valence-electron chi connectivity index (χ3n) is 2.42. The molecule has 0 radical (unpaired) electrons. The molecule has 1 amide bonds. The van der Waals surface area contributed by atoms with Crippen LogP contribution >= 0.6 is 12.2 Å². The lowest BCUT2D eigenvalue weighted by atomic mass is 10.3. The quantitative estimate of drug-likeness (QED) is 0.812. The number of likely N-dealkylation sites (N-methyl/N-ethyl adjacent to an activating group) is 1. The Morgan fingerprint density at radius 1 is 1.65 bits per heavy atom. The Bertz CT molecular complexity index is 613. The summed E-state index contributed by atoms with van der Waals surface area (Å²) in [5.41, 5.74) is 2.63. The predicted molar refractivity (Wildman–Crippen MR) is 68.3 cm³/mol. The van der Waals surface area contributed by atoms with Crippen molar-refractivity contribution in [2.75, 3.05) is 6.54 Å². The highest BCUT2D eigenvalue weighted by Gasteiger charge is 2.09. The van der Waals surface area contributed by atoms with Gasteiger partial charge in [-0.05, 0) is 37.7 Å². The molecule has 0 atom stereocenters. The van der Waals surface area contributed by atoms with E-state index in [1.165, 1.54) is 0 Å². The number of aryl methyl sites for hydroxylation is 1. The van der Waals surface area contributed by atoms with Crippen molar-refractivity contribution >= 4 is 29.3 Å². The summed E-state index contributed by atoms with van der Waals surface area (Å²) >= 11 is 5.19. The predicted octanol–water partition coefficient (Wildman–Crippen LogP) is 1.54. The van der Waals surface area contributed by atoms with Crippen molar-refractivity contribution in [3.05, 3.63) is 22.6 Å². The molecule has 0 saturated carbocycles. The van der Waals surface area contributed by atoms with E-state index in [9.17, 15) is 4.79 Å². The van der Waals surface area contributed by atoms with Crippen molar-refractivity contribution in [3.8, 4) is 0 Å². The molecule has 2 aromatic heterocycles. The van der Waals surface area contributed by atoms with Crippen molar-refractivity contribution in [2.45, 2.75) is 20.4 Å². The third kappa shape index (κ3) is 2.36. The number of imidazole rings is 1. The van der Waals surface area contributed by atoms with Gasteiger partial charge in [0.25, 0.3) is 0 Å². The van der Waals surface area contributed by atoms with Crippen LogP contribution in [0.2, 0.25) is 0 Å². The van der Waals surface area contributed by atoms with E-state index in [2.05, 4.69) is 15.3 Å². The minimum Gasteiger partial charge on any atom is -0.355 e. The van der Waals surface area contributed by atoms with Gasteiger partial charge in [0.05, 0.1) is 5.52 Å². The second kappa shape index (κ2) is 4.67. The maximum Gasteiger partial charge on any atom is 0.240 e. The van der Waals surface area contributed by atoms with E-state index in [1.54, 1.807) is 10.8 Å².